The maximum atomic E-state index is 12.4. The van der Waals surface area contributed by atoms with Crippen LogP contribution in [-0.4, -0.2) is 29.0 Å². The molecule has 0 radical (unpaired) electrons. The molecule has 1 heterocycles. The summed E-state index contributed by atoms with van der Waals surface area (Å²) in [6.45, 7) is 2.13. The minimum atomic E-state index is -0.254. The van der Waals surface area contributed by atoms with Gasteiger partial charge in [-0.3, -0.25) is 9.59 Å². The number of fused-ring (bicyclic) bond motifs is 1. The average Bonchev–Trinajstić information content (AvgIpc) is 2.66. The van der Waals surface area contributed by atoms with Gasteiger partial charge in [-0.25, -0.2) is 0 Å². The third-order valence-electron chi connectivity index (χ3n) is 4.28. The first-order chi connectivity index (χ1) is 12.6. The molecule has 0 spiro atoms. The second-order valence-electron chi connectivity index (χ2n) is 6.10. The number of nitrogens with one attached hydrogen (secondary N) is 1. The van der Waals surface area contributed by atoms with Gasteiger partial charge < -0.3 is 10.2 Å². The number of hydrogen-bond acceptors (Lipinski definition) is 3. The van der Waals surface area contributed by atoms with E-state index < -0.39 is 0 Å². The zero-order valence-electron chi connectivity index (χ0n) is 14.7. The van der Waals surface area contributed by atoms with Gasteiger partial charge in [-0.05, 0) is 29.3 Å². The SMILES string of the molecule is CC(=O)N1C=Cc2ccccc2C1CC(=O)NCCSc1ccccc1. The summed E-state index contributed by atoms with van der Waals surface area (Å²) in [7, 11) is 0. The zero-order valence-corrected chi connectivity index (χ0v) is 15.5. The number of benzene rings is 2. The standard InChI is InChI=1S/C21H22N2O2S/c1-16(24)23-13-11-17-7-5-6-10-19(17)20(23)15-21(25)22-12-14-26-18-8-3-2-4-9-18/h2-11,13,20H,12,14-15H2,1H3,(H,22,25). The average molecular weight is 366 g/mol. The first-order valence-corrected chi connectivity index (χ1v) is 9.64. The monoisotopic (exact) mass is 366 g/mol. The van der Waals surface area contributed by atoms with Crippen LogP contribution < -0.4 is 5.32 Å². The van der Waals surface area contributed by atoms with Gasteiger partial charge in [0.25, 0.3) is 0 Å². The van der Waals surface area contributed by atoms with Crippen LogP contribution >= 0.6 is 11.8 Å². The van der Waals surface area contributed by atoms with Gasteiger partial charge in [0, 0.05) is 30.3 Å². The van der Waals surface area contributed by atoms with Crippen LogP contribution in [0.2, 0.25) is 0 Å². The molecule has 0 aromatic heterocycles. The molecule has 134 valence electrons. The molecule has 3 rings (SSSR count). The van der Waals surface area contributed by atoms with Gasteiger partial charge in [0.05, 0.1) is 12.5 Å². The molecule has 1 aliphatic rings. The topological polar surface area (TPSA) is 49.4 Å². The highest BCUT2D eigenvalue weighted by molar-refractivity contribution is 7.99. The molecule has 2 amide bonds. The van der Waals surface area contributed by atoms with Crippen LogP contribution in [0.25, 0.3) is 6.08 Å². The van der Waals surface area contributed by atoms with E-state index in [2.05, 4.69) is 17.4 Å². The van der Waals surface area contributed by atoms with Gasteiger partial charge in [0.1, 0.15) is 0 Å². The van der Waals surface area contributed by atoms with Crippen LogP contribution in [0.15, 0.2) is 65.7 Å². The number of rotatable bonds is 6. The van der Waals surface area contributed by atoms with Crippen molar-refractivity contribution in [3.63, 3.8) is 0 Å². The Balaban J connectivity index is 1.56. The summed E-state index contributed by atoms with van der Waals surface area (Å²) >= 11 is 1.71. The minimum absolute atomic E-state index is 0.0417. The van der Waals surface area contributed by atoms with Crippen LogP contribution in [0.5, 0.6) is 0 Å². The van der Waals surface area contributed by atoms with E-state index in [-0.39, 0.29) is 24.3 Å². The molecular weight excluding hydrogens is 344 g/mol. The van der Waals surface area contributed by atoms with Gasteiger partial charge in [0.2, 0.25) is 11.8 Å². The van der Waals surface area contributed by atoms with Crippen LogP contribution in [0, 0.1) is 0 Å². The van der Waals surface area contributed by atoms with Crippen molar-refractivity contribution >= 4 is 29.7 Å². The normalized spacial score (nSPS) is 15.4. The van der Waals surface area contributed by atoms with Crippen LogP contribution in [0.3, 0.4) is 0 Å². The predicted octanol–water partition coefficient (Wildman–Crippen LogP) is 3.86. The van der Waals surface area contributed by atoms with Crippen molar-refractivity contribution in [2.45, 2.75) is 24.3 Å². The molecule has 0 aliphatic carbocycles. The lowest BCUT2D eigenvalue weighted by molar-refractivity contribution is -0.129. The van der Waals surface area contributed by atoms with Gasteiger partial charge in [-0.15, -0.1) is 11.8 Å². The van der Waals surface area contributed by atoms with Crippen molar-refractivity contribution in [3.8, 4) is 0 Å². The Hall–Kier alpha value is -2.53. The number of carbonyl (C=O) groups excluding carboxylic acids is 2. The number of carbonyl (C=O) groups is 2. The van der Waals surface area contributed by atoms with Crippen molar-refractivity contribution in [1.29, 1.82) is 0 Å². The molecule has 2 aromatic carbocycles. The summed E-state index contributed by atoms with van der Waals surface area (Å²) in [4.78, 5) is 27.2. The molecule has 0 saturated carbocycles. The van der Waals surface area contributed by atoms with Gasteiger partial charge in [0.15, 0.2) is 0 Å². The Morgan fingerprint density at radius 1 is 1.08 bits per heavy atom. The summed E-state index contributed by atoms with van der Waals surface area (Å²) in [5, 5.41) is 2.97. The molecule has 26 heavy (non-hydrogen) atoms. The summed E-state index contributed by atoms with van der Waals surface area (Å²) in [5.41, 5.74) is 2.07. The summed E-state index contributed by atoms with van der Waals surface area (Å²) in [6.07, 6.45) is 3.95. The molecular formula is C21H22N2O2S. The molecule has 0 fully saturated rings. The van der Waals surface area contributed by atoms with E-state index >= 15 is 0 Å². The highest BCUT2D eigenvalue weighted by Crippen LogP contribution is 2.32. The Bertz CT molecular complexity index is 805. The van der Waals surface area contributed by atoms with E-state index in [1.807, 2.05) is 48.5 Å². The lowest BCUT2D eigenvalue weighted by Crippen LogP contribution is -2.35. The highest BCUT2D eigenvalue weighted by atomic mass is 32.2. The first kappa shape index (κ1) is 18.3. The maximum absolute atomic E-state index is 12.4. The van der Waals surface area contributed by atoms with E-state index in [4.69, 9.17) is 0 Å². The Kier molecular flexibility index (Phi) is 6.12. The zero-order chi connectivity index (χ0) is 18.4. The molecule has 0 saturated heterocycles. The first-order valence-electron chi connectivity index (χ1n) is 8.66. The van der Waals surface area contributed by atoms with Gasteiger partial charge >= 0.3 is 0 Å². The minimum Gasteiger partial charge on any atom is -0.355 e. The predicted molar refractivity (Wildman–Crippen MR) is 106 cm³/mol. The molecule has 1 unspecified atom stereocenters. The van der Waals surface area contributed by atoms with Crippen molar-refractivity contribution in [2.24, 2.45) is 0 Å². The summed E-state index contributed by atoms with van der Waals surface area (Å²) in [5.74, 6) is 0.709. The van der Waals surface area contributed by atoms with Crippen molar-refractivity contribution < 1.29 is 9.59 Å². The third-order valence-corrected chi connectivity index (χ3v) is 5.30. The lowest BCUT2D eigenvalue weighted by atomic mass is 9.93. The van der Waals surface area contributed by atoms with Crippen LogP contribution in [-0.2, 0) is 9.59 Å². The summed E-state index contributed by atoms with van der Waals surface area (Å²) in [6, 6.07) is 17.8. The van der Waals surface area contributed by atoms with Crippen LogP contribution in [0.1, 0.15) is 30.5 Å². The third kappa shape index (κ3) is 4.55. The largest absolute Gasteiger partial charge is 0.355 e. The van der Waals surface area contributed by atoms with E-state index in [0.717, 1.165) is 16.9 Å². The van der Waals surface area contributed by atoms with Crippen molar-refractivity contribution in [2.75, 3.05) is 12.3 Å². The van der Waals surface area contributed by atoms with Crippen LogP contribution in [0.4, 0.5) is 0 Å². The number of hydrogen-bond donors (Lipinski definition) is 1. The second kappa shape index (κ2) is 8.72. The summed E-state index contributed by atoms with van der Waals surface area (Å²) < 4.78 is 0. The number of thioether (sulfide) groups is 1. The number of nitrogens with zero attached hydrogens (tertiary/aromatic N) is 1. The molecule has 4 nitrogen and oxygen atoms in total. The molecule has 2 aromatic rings. The fraction of sp³-hybridized carbons (Fsp3) is 0.238. The fourth-order valence-corrected chi connectivity index (χ4v) is 3.83. The maximum Gasteiger partial charge on any atom is 0.223 e. The quantitative estimate of drug-likeness (QED) is 0.624. The fourth-order valence-electron chi connectivity index (χ4n) is 3.04. The molecule has 1 N–H and O–H groups in total. The van der Waals surface area contributed by atoms with E-state index in [1.165, 1.54) is 11.8 Å². The van der Waals surface area contributed by atoms with Crippen molar-refractivity contribution in [3.05, 3.63) is 71.9 Å². The molecule has 1 atom stereocenters. The second-order valence-corrected chi connectivity index (χ2v) is 7.27. The van der Waals surface area contributed by atoms with E-state index in [0.29, 0.717) is 6.54 Å². The Morgan fingerprint density at radius 2 is 1.81 bits per heavy atom. The lowest BCUT2D eigenvalue weighted by Gasteiger charge is -2.32. The Morgan fingerprint density at radius 3 is 2.58 bits per heavy atom. The Labute approximate surface area is 158 Å². The van der Waals surface area contributed by atoms with Crippen molar-refractivity contribution in [1.82, 2.24) is 10.2 Å². The van der Waals surface area contributed by atoms with E-state index in [9.17, 15) is 9.59 Å². The molecule has 5 heteroatoms. The number of amides is 2. The smallest absolute Gasteiger partial charge is 0.223 e. The molecule has 0 bridgehead atoms. The van der Waals surface area contributed by atoms with Gasteiger partial charge in [-0.1, -0.05) is 42.5 Å². The molecule has 1 aliphatic heterocycles. The van der Waals surface area contributed by atoms with E-state index in [1.54, 1.807) is 22.9 Å². The highest BCUT2D eigenvalue weighted by Gasteiger charge is 2.27. The van der Waals surface area contributed by atoms with Gasteiger partial charge in [-0.2, -0.15) is 0 Å².